The molecule has 0 saturated heterocycles. The number of rotatable bonds is 8. The molecule has 2 aromatic rings. The zero-order valence-corrected chi connectivity index (χ0v) is 14.9. The van der Waals surface area contributed by atoms with Gasteiger partial charge in [0.05, 0.1) is 11.8 Å². The number of hydrogen-bond acceptors (Lipinski definition) is 3. The monoisotopic (exact) mass is 331 g/mol. The average Bonchev–Trinajstić information content (AvgIpc) is 3.01. The molecule has 0 aliphatic heterocycles. The quantitative estimate of drug-likeness (QED) is 0.748. The maximum absolute atomic E-state index is 12.0. The molecule has 1 aromatic heterocycles. The fourth-order valence-corrected chi connectivity index (χ4v) is 3.12. The lowest BCUT2D eigenvalue weighted by atomic mass is 10.2. The van der Waals surface area contributed by atoms with E-state index in [4.69, 9.17) is 0 Å². The Morgan fingerprint density at radius 1 is 1.39 bits per heavy atom. The number of nitrogens with one attached hydrogen (secondary N) is 1. The van der Waals surface area contributed by atoms with Crippen molar-refractivity contribution in [3.05, 3.63) is 53.3 Å². The Kier molecular flexibility index (Phi) is 6.71. The van der Waals surface area contributed by atoms with E-state index < -0.39 is 0 Å². The van der Waals surface area contributed by atoms with Crippen molar-refractivity contribution in [1.82, 2.24) is 15.1 Å². The topological polar surface area (TPSA) is 46.9 Å². The van der Waals surface area contributed by atoms with Gasteiger partial charge in [0, 0.05) is 24.5 Å². The van der Waals surface area contributed by atoms with Crippen molar-refractivity contribution in [2.24, 2.45) is 0 Å². The molecule has 0 radical (unpaired) electrons. The van der Waals surface area contributed by atoms with Crippen LogP contribution in [0, 0.1) is 6.92 Å². The number of aromatic nitrogens is 2. The number of carbonyl (C=O) groups excluding carboxylic acids is 1. The lowest BCUT2D eigenvalue weighted by Crippen LogP contribution is -2.24. The molecule has 0 saturated carbocycles. The van der Waals surface area contributed by atoms with Gasteiger partial charge in [0.2, 0.25) is 0 Å². The number of aryl methyl sites for hydroxylation is 1. The molecule has 0 fully saturated rings. The van der Waals surface area contributed by atoms with E-state index in [1.54, 1.807) is 17.1 Å². The molecule has 0 atom stereocenters. The fourth-order valence-electron chi connectivity index (χ4n) is 2.21. The first-order valence-electron chi connectivity index (χ1n) is 8.02. The van der Waals surface area contributed by atoms with Gasteiger partial charge in [-0.2, -0.15) is 16.9 Å². The minimum absolute atomic E-state index is 0.0411. The van der Waals surface area contributed by atoms with Gasteiger partial charge in [0.1, 0.15) is 0 Å². The molecule has 0 aliphatic carbocycles. The maximum Gasteiger partial charge on any atom is 0.254 e. The van der Waals surface area contributed by atoms with Gasteiger partial charge < -0.3 is 5.32 Å². The molecule has 0 aliphatic rings. The van der Waals surface area contributed by atoms with Crippen LogP contribution < -0.4 is 5.32 Å². The molecule has 124 valence electrons. The van der Waals surface area contributed by atoms with Crippen molar-refractivity contribution < 1.29 is 4.79 Å². The smallest absolute Gasteiger partial charge is 0.254 e. The molecule has 2 rings (SSSR count). The molecule has 0 bridgehead atoms. The highest BCUT2D eigenvalue weighted by atomic mass is 32.2. The van der Waals surface area contributed by atoms with Crippen LogP contribution in [0.5, 0.6) is 0 Å². The van der Waals surface area contributed by atoms with Gasteiger partial charge in [-0.3, -0.25) is 9.48 Å². The SMILES string of the molecule is Cc1cccc(CSCCCNC(=O)c2cnn(C(C)C)c2)c1. The van der Waals surface area contributed by atoms with Gasteiger partial charge in [-0.05, 0) is 38.5 Å². The molecule has 1 amide bonds. The highest BCUT2D eigenvalue weighted by Gasteiger charge is 2.09. The summed E-state index contributed by atoms with van der Waals surface area (Å²) in [6.45, 7) is 6.90. The highest BCUT2D eigenvalue weighted by molar-refractivity contribution is 7.98. The summed E-state index contributed by atoms with van der Waals surface area (Å²) in [5.74, 6) is 2.02. The van der Waals surface area contributed by atoms with Gasteiger partial charge >= 0.3 is 0 Å². The molecule has 1 aromatic carbocycles. The van der Waals surface area contributed by atoms with Crippen molar-refractivity contribution in [1.29, 1.82) is 0 Å². The van der Waals surface area contributed by atoms with Crippen LogP contribution in [0.15, 0.2) is 36.7 Å². The van der Waals surface area contributed by atoms with Gasteiger partial charge in [-0.1, -0.05) is 29.8 Å². The number of hydrogen-bond donors (Lipinski definition) is 1. The number of nitrogens with zero attached hydrogens (tertiary/aromatic N) is 2. The van der Waals surface area contributed by atoms with Crippen LogP contribution in [0.3, 0.4) is 0 Å². The highest BCUT2D eigenvalue weighted by Crippen LogP contribution is 2.14. The van der Waals surface area contributed by atoms with Crippen molar-refractivity contribution >= 4 is 17.7 Å². The summed E-state index contributed by atoms with van der Waals surface area (Å²) in [4.78, 5) is 12.0. The minimum atomic E-state index is -0.0411. The van der Waals surface area contributed by atoms with Crippen LogP contribution in [-0.2, 0) is 5.75 Å². The van der Waals surface area contributed by atoms with E-state index in [2.05, 4.69) is 41.6 Å². The second-order valence-electron chi connectivity index (χ2n) is 5.95. The zero-order chi connectivity index (χ0) is 16.7. The predicted octanol–water partition coefficient (Wildman–Crippen LogP) is 3.83. The van der Waals surface area contributed by atoms with Gasteiger partial charge in [-0.15, -0.1) is 0 Å². The van der Waals surface area contributed by atoms with Crippen LogP contribution in [0.25, 0.3) is 0 Å². The second-order valence-corrected chi connectivity index (χ2v) is 7.06. The van der Waals surface area contributed by atoms with E-state index >= 15 is 0 Å². The van der Waals surface area contributed by atoms with Crippen LogP contribution in [0.4, 0.5) is 0 Å². The van der Waals surface area contributed by atoms with Crippen molar-refractivity contribution in [3.8, 4) is 0 Å². The number of thioether (sulfide) groups is 1. The molecule has 0 spiro atoms. The van der Waals surface area contributed by atoms with E-state index in [9.17, 15) is 4.79 Å². The minimum Gasteiger partial charge on any atom is -0.352 e. The summed E-state index contributed by atoms with van der Waals surface area (Å²) < 4.78 is 1.80. The van der Waals surface area contributed by atoms with Crippen molar-refractivity contribution in [2.75, 3.05) is 12.3 Å². The van der Waals surface area contributed by atoms with E-state index in [1.165, 1.54) is 11.1 Å². The maximum atomic E-state index is 12.0. The standard InChI is InChI=1S/C18H25N3OS/c1-14(2)21-12-17(11-20-21)18(22)19-8-5-9-23-13-16-7-4-6-15(3)10-16/h4,6-7,10-12,14H,5,8-9,13H2,1-3H3,(H,19,22). The fraction of sp³-hybridized carbons (Fsp3) is 0.444. The summed E-state index contributed by atoms with van der Waals surface area (Å²) >= 11 is 1.90. The van der Waals surface area contributed by atoms with E-state index in [0.717, 1.165) is 17.9 Å². The molecule has 4 nitrogen and oxygen atoms in total. The Labute approximate surface area is 142 Å². The Morgan fingerprint density at radius 2 is 2.22 bits per heavy atom. The van der Waals surface area contributed by atoms with E-state index in [-0.39, 0.29) is 11.9 Å². The molecule has 0 unspecified atom stereocenters. The Bertz CT molecular complexity index is 637. The first-order valence-corrected chi connectivity index (χ1v) is 9.17. The van der Waals surface area contributed by atoms with Crippen LogP contribution in [0.1, 0.15) is 47.8 Å². The third-order valence-corrected chi connectivity index (χ3v) is 4.61. The number of benzene rings is 1. The van der Waals surface area contributed by atoms with Gasteiger partial charge in [0.15, 0.2) is 0 Å². The van der Waals surface area contributed by atoms with E-state index in [0.29, 0.717) is 12.1 Å². The first kappa shape index (κ1) is 17.6. The first-order chi connectivity index (χ1) is 11.1. The Balaban J connectivity index is 1.62. The Morgan fingerprint density at radius 3 is 2.91 bits per heavy atom. The summed E-state index contributed by atoms with van der Waals surface area (Å²) in [6.07, 6.45) is 4.40. The third kappa shape index (κ3) is 5.75. The largest absolute Gasteiger partial charge is 0.352 e. The summed E-state index contributed by atoms with van der Waals surface area (Å²) in [6, 6.07) is 8.87. The van der Waals surface area contributed by atoms with Crippen LogP contribution in [-0.4, -0.2) is 28.0 Å². The lowest BCUT2D eigenvalue weighted by molar-refractivity contribution is 0.0953. The number of carbonyl (C=O) groups is 1. The molecule has 23 heavy (non-hydrogen) atoms. The van der Waals surface area contributed by atoms with Crippen molar-refractivity contribution in [2.45, 2.75) is 39.0 Å². The Hall–Kier alpha value is -1.75. The van der Waals surface area contributed by atoms with Crippen molar-refractivity contribution in [3.63, 3.8) is 0 Å². The summed E-state index contributed by atoms with van der Waals surface area (Å²) in [7, 11) is 0. The molecular formula is C18H25N3OS. The second kappa shape index (κ2) is 8.77. The zero-order valence-electron chi connectivity index (χ0n) is 14.1. The average molecular weight is 331 g/mol. The van der Waals surface area contributed by atoms with Crippen LogP contribution >= 0.6 is 11.8 Å². The third-order valence-electron chi connectivity index (χ3n) is 3.50. The normalized spacial score (nSPS) is 11.0. The van der Waals surface area contributed by atoms with Gasteiger partial charge in [0.25, 0.3) is 5.91 Å². The molecule has 1 N–H and O–H groups in total. The van der Waals surface area contributed by atoms with Crippen LogP contribution in [0.2, 0.25) is 0 Å². The lowest BCUT2D eigenvalue weighted by Gasteiger charge is -2.05. The summed E-state index contributed by atoms with van der Waals surface area (Å²) in [5.41, 5.74) is 3.29. The number of amides is 1. The molecular weight excluding hydrogens is 306 g/mol. The summed E-state index contributed by atoms with van der Waals surface area (Å²) in [5, 5.41) is 7.14. The predicted molar refractivity (Wildman–Crippen MR) is 96.9 cm³/mol. The molecule has 1 heterocycles. The van der Waals surface area contributed by atoms with Gasteiger partial charge in [-0.25, -0.2) is 0 Å². The molecule has 5 heteroatoms. The van der Waals surface area contributed by atoms with E-state index in [1.807, 2.05) is 25.6 Å².